The van der Waals surface area contributed by atoms with E-state index in [-0.39, 0.29) is 24.3 Å². The lowest BCUT2D eigenvalue weighted by Gasteiger charge is -2.59. The molecule has 40 heavy (non-hydrogen) atoms. The Labute approximate surface area is 239 Å². The molecular weight excluding hydrogens is 519 g/mol. The maximum Gasteiger partial charge on any atom is 0.309 e. The molecule has 0 aromatic heterocycles. The Hall–Kier alpha value is -1.17. The smallest absolute Gasteiger partial charge is 0.309 e. The van der Waals surface area contributed by atoms with Crippen LogP contribution >= 0.6 is 0 Å². The van der Waals surface area contributed by atoms with E-state index in [0.717, 1.165) is 44.9 Å². The first kappa shape index (κ1) is 33.3. The number of rotatable bonds is 17. The van der Waals surface area contributed by atoms with E-state index in [2.05, 4.69) is 20.8 Å². The second-order valence-electron chi connectivity index (χ2n) is 11.0. The minimum atomic E-state index is -2.83. The number of aliphatic hydroxyl groups is 2. The van der Waals surface area contributed by atoms with Gasteiger partial charge in [-0.25, -0.2) is 4.39 Å². The zero-order valence-corrected chi connectivity index (χ0v) is 25.0. The van der Waals surface area contributed by atoms with Crippen LogP contribution in [0.4, 0.5) is 4.39 Å². The van der Waals surface area contributed by atoms with Crippen LogP contribution in [0, 0.1) is 0 Å². The summed E-state index contributed by atoms with van der Waals surface area (Å²) < 4.78 is 55.1. The highest BCUT2D eigenvalue weighted by Crippen LogP contribution is 2.56. The number of fused-ring (bicyclic) bond motifs is 1. The SMILES string of the molecule is CCCCOC[C@H]1O[C@]2(OC(O)(O)c3ccccc3C2(C)F)[C@H](OCCCC)[C@@H](OCCCC)[C@@H]1OCCCC. The third-order valence-corrected chi connectivity index (χ3v) is 7.76. The molecule has 0 amide bonds. The van der Waals surface area contributed by atoms with Gasteiger partial charge >= 0.3 is 5.97 Å². The lowest BCUT2D eigenvalue weighted by Crippen LogP contribution is -2.76. The van der Waals surface area contributed by atoms with Gasteiger partial charge in [0.15, 0.2) is 5.67 Å². The van der Waals surface area contributed by atoms with Gasteiger partial charge in [0.2, 0.25) is 5.79 Å². The van der Waals surface area contributed by atoms with Crippen molar-refractivity contribution in [2.45, 2.75) is 128 Å². The van der Waals surface area contributed by atoms with Gasteiger partial charge in [0.05, 0.1) is 6.61 Å². The molecule has 1 saturated heterocycles. The number of halogens is 1. The standard InChI is InChI=1S/C31H51FO8/c1-6-10-18-35-22-25-26(36-19-11-7-2)27(37-20-12-8-3)28(38-21-13-9-4)30(39-25)29(5,32)23-16-14-15-17-24(23)31(33,34)40-30/h14-17,25-28,33-34H,6-13,18-22H2,1-5H3/t25-,26-,27+,28-,29?,30+/m1/s1. The molecule has 0 saturated carbocycles. The zero-order chi connectivity index (χ0) is 29.2. The van der Waals surface area contributed by atoms with Crippen LogP contribution in [-0.4, -0.2) is 73.5 Å². The first-order valence-corrected chi connectivity index (χ1v) is 15.2. The molecule has 6 atom stereocenters. The van der Waals surface area contributed by atoms with Crippen molar-refractivity contribution in [2.75, 3.05) is 33.0 Å². The fourth-order valence-corrected chi connectivity index (χ4v) is 5.39. The van der Waals surface area contributed by atoms with Gasteiger partial charge in [-0.2, -0.15) is 0 Å². The van der Waals surface area contributed by atoms with Crippen LogP contribution in [0.2, 0.25) is 0 Å². The van der Waals surface area contributed by atoms with Crippen molar-refractivity contribution >= 4 is 0 Å². The van der Waals surface area contributed by atoms with Gasteiger partial charge in [-0.15, -0.1) is 0 Å². The van der Waals surface area contributed by atoms with Crippen LogP contribution in [0.5, 0.6) is 0 Å². The predicted octanol–water partition coefficient (Wildman–Crippen LogP) is 5.46. The maximum absolute atomic E-state index is 17.4. The van der Waals surface area contributed by atoms with E-state index in [1.807, 2.05) is 6.92 Å². The average Bonchev–Trinajstić information content (AvgIpc) is 2.93. The average molecular weight is 571 g/mol. The first-order chi connectivity index (χ1) is 19.2. The van der Waals surface area contributed by atoms with Crippen molar-refractivity contribution < 1.29 is 43.0 Å². The van der Waals surface area contributed by atoms with Gasteiger partial charge in [0.25, 0.3) is 0 Å². The maximum atomic E-state index is 17.4. The Morgan fingerprint density at radius 3 is 1.90 bits per heavy atom. The number of alkyl halides is 1. The normalized spacial score (nSPS) is 31.4. The van der Waals surface area contributed by atoms with Gasteiger partial charge in [0, 0.05) is 37.6 Å². The molecular formula is C31H51FO8. The van der Waals surface area contributed by atoms with E-state index in [0.29, 0.717) is 26.2 Å². The molecule has 8 nitrogen and oxygen atoms in total. The van der Waals surface area contributed by atoms with Gasteiger partial charge in [-0.05, 0) is 32.6 Å². The van der Waals surface area contributed by atoms with Gasteiger partial charge in [0.1, 0.15) is 24.4 Å². The largest absolute Gasteiger partial charge is 0.379 e. The fourth-order valence-electron chi connectivity index (χ4n) is 5.39. The molecule has 3 rings (SSSR count). The van der Waals surface area contributed by atoms with Crippen LogP contribution < -0.4 is 0 Å². The van der Waals surface area contributed by atoms with Crippen LogP contribution in [0.15, 0.2) is 24.3 Å². The van der Waals surface area contributed by atoms with E-state index in [1.54, 1.807) is 12.1 Å². The molecule has 1 unspecified atom stereocenters. The molecule has 0 radical (unpaired) electrons. The first-order valence-electron chi connectivity index (χ1n) is 15.2. The van der Waals surface area contributed by atoms with Crippen LogP contribution in [-0.2, 0) is 40.1 Å². The van der Waals surface area contributed by atoms with E-state index >= 15 is 4.39 Å². The monoisotopic (exact) mass is 570 g/mol. The van der Waals surface area contributed by atoms with Crippen molar-refractivity contribution in [3.05, 3.63) is 35.4 Å². The highest BCUT2D eigenvalue weighted by molar-refractivity contribution is 5.39. The van der Waals surface area contributed by atoms with Crippen molar-refractivity contribution in [1.29, 1.82) is 0 Å². The van der Waals surface area contributed by atoms with Gasteiger partial charge < -0.3 is 33.9 Å². The summed E-state index contributed by atoms with van der Waals surface area (Å²) in [5, 5.41) is 22.3. The van der Waals surface area contributed by atoms with Crippen molar-refractivity contribution in [2.24, 2.45) is 0 Å². The number of hydrogen-bond acceptors (Lipinski definition) is 8. The second-order valence-corrected chi connectivity index (χ2v) is 11.0. The third-order valence-electron chi connectivity index (χ3n) is 7.76. The van der Waals surface area contributed by atoms with Crippen molar-refractivity contribution in [3.63, 3.8) is 0 Å². The van der Waals surface area contributed by atoms with Crippen molar-refractivity contribution in [3.8, 4) is 0 Å². The summed E-state index contributed by atoms with van der Waals surface area (Å²) in [6.07, 6.45) is 3.39. The zero-order valence-electron chi connectivity index (χ0n) is 25.0. The summed E-state index contributed by atoms with van der Waals surface area (Å²) >= 11 is 0. The summed E-state index contributed by atoms with van der Waals surface area (Å²) in [5.41, 5.74) is -2.38. The summed E-state index contributed by atoms with van der Waals surface area (Å²) in [6, 6.07) is 6.22. The fraction of sp³-hybridized carbons (Fsp3) is 0.806. The number of ether oxygens (including phenoxy) is 6. The van der Waals surface area contributed by atoms with E-state index in [4.69, 9.17) is 28.4 Å². The predicted molar refractivity (Wildman–Crippen MR) is 149 cm³/mol. The Morgan fingerprint density at radius 1 is 0.775 bits per heavy atom. The topological polar surface area (TPSA) is 95.8 Å². The molecule has 230 valence electrons. The Kier molecular flexibility index (Phi) is 12.8. The van der Waals surface area contributed by atoms with Crippen LogP contribution in [0.3, 0.4) is 0 Å². The summed E-state index contributed by atoms with van der Waals surface area (Å²) in [7, 11) is 0. The lowest BCUT2D eigenvalue weighted by molar-refractivity contribution is -0.510. The minimum absolute atomic E-state index is 0.0543. The molecule has 2 aliphatic heterocycles. The summed E-state index contributed by atoms with van der Waals surface area (Å²) in [4.78, 5) is 0. The highest BCUT2D eigenvalue weighted by atomic mass is 19.1. The Bertz CT molecular complexity index is 881. The highest BCUT2D eigenvalue weighted by Gasteiger charge is 2.72. The second kappa shape index (κ2) is 15.3. The molecule has 2 aliphatic rings. The molecule has 1 aromatic carbocycles. The van der Waals surface area contributed by atoms with Crippen molar-refractivity contribution in [1.82, 2.24) is 0 Å². The van der Waals surface area contributed by atoms with Gasteiger partial charge in [-0.1, -0.05) is 77.6 Å². The molecule has 0 bridgehead atoms. The molecule has 1 spiro atoms. The number of hydrogen-bond donors (Lipinski definition) is 2. The van der Waals surface area contributed by atoms with E-state index < -0.39 is 41.8 Å². The summed E-state index contributed by atoms with van der Waals surface area (Å²) in [5.74, 6) is -5.09. The van der Waals surface area contributed by atoms with E-state index in [1.165, 1.54) is 19.1 Å². The lowest BCUT2D eigenvalue weighted by atomic mass is 9.75. The van der Waals surface area contributed by atoms with Crippen LogP contribution in [0.1, 0.15) is 97.1 Å². The quantitative estimate of drug-likeness (QED) is 0.188. The third kappa shape index (κ3) is 7.24. The van der Waals surface area contributed by atoms with E-state index in [9.17, 15) is 10.2 Å². The van der Waals surface area contributed by atoms with Crippen LogP contribution in [0.25, 0.3) is 0 Å². The van der Waals surface area contributed by atoms with Gasteiger partial charge in [-0.3, -0.25) is 4.74 Å². The minimum Gasteiger partial charge on any atom is -0.379 e. The molecule has 2 heterocycles. The molecule has 0 aliphatic carbocycles. The Morgan fingerprint density at radius 2 is 1.30 bits per heavy atom. The Balaban J connectivity index is 2.14. The molecule has 1 fully saturated rings. The number of benzene rings is 1. The molecule has 2 N–H and O–H groups in total. The number of unbranched alkanes of at least 4 members (excludes halogenated alkanes) is 4. The summed E-state index contributed by atoms with van der Waals surface area (Å²) in [6.45, 7) is 11.3. The molecule has 9 heteroatoms. The molecule has 1 aromatic rings.